The molecular formula is C45H78FN3O4. The van der Waals surface area contributed by atoms with Crippen molar-refractivity contribution in [2.24, 2.45) is 11.3 Å². The molecule has 1 aliphatic rings. The molecule has 8 heteroatoms. The number of carbonyl (C=O) groups is 1. The van der Waals surface area contributed by atoms with E-state index in [1.165, 1.54) is 25.3 Å². The zero-order valence-electron chi connectivity index (χ0n) is 37.6. The number of nitrogens with zero attached hydrogens (tertiary/aromatic N) is 3. The van der Waals surface area contributed by atoms with Gasteiger partial charge in [-0.15, -0.1) is 10.2 Å². The van der Waals surface area contributed by atoms with Crippen molar-refractivity contribution >= 4 is 17.6 Å². The number of benzene rings is 1. The summed E-state index contributed by atoms with van der Waals surface area (Å²) < 4.78 is 26.3. The topological polar surface area (TPSA) is 98.3 Å². The molecule has 7 nitrogen and oxygen atoms in total. The van der Waals surface area contributed by atoms with Crippen molar-refractivity contribution in [3.05, 3.63) is 57.3 Å². The van der Waals surface area contributed by atoms with Gasteiger partial charge in [0.1, 0.15) is 0 Å². The fourth-order valence-corrected chi connectivity index (χ4v) is 5.02. The number of aliphatic carboxylic acids is 1. The largest absolute Gasteiger partial charge is 0.490 e. The highest BCUT2D eigenvalue weighted by Crippen LogP contribution is 2.41. The third kappa shape index (κ3) is 19.9. The van der Waals surface area contributed by atoms with Crippen molar-refractivity contribution in [1.29, 1.82) is 0 Å². The Kier molecular flexibility index (Phi) is 29.3. The molecular weight excluding hydrogens is 666 g/mol. The Morgan fingerprint density at radius 2 is 1.51 bits per heavy atom. The van der Waals surface area contributed by atoms with Gasteiger partial charge in [0.05, 0.1) is 13.0 Å². The van der Waals surface area contributed by atoms with Crippen LogP contribution in [0.2, 0.25) is 0 Å². The molecule has 0 spiro atoms. The van der Waals surface area contributed by atoms with Gasteiger partial charge >= 0.3 is 5.97 Å². The second-order valence-corrected chi connectivity index (χ2v) is 13.9. The molecule has 0 saturated carbocycles. The number of aryl methyl sites for hydroxylation is 3. The highest BCUT2D eigenvalue weighted by Gasteiger charge is 2.26. The number of rotatable bonds is 8. The first kappa shape index (κ1) is 53.8. The smallest absolute Gasteiger partial charge is 0.307 e. The average Bonchev–Trinajstić information content (AvgIpc) is 3.57. The summed E-state index contributed by atoms with van der Waals surface area (Å²) in [4.78, 5) is 16.4. The van der Waals surface area contributed by atoms with Crippen molar-refractivity contribution in [3.63, 3.8) is 0 Å². The van der Waals surface area contributed by atoms with Crippen molar-refractivity contribution in [3.8, 4) is 16.9 Å². The maximum absolute atomic E-state index is 15.1. The molecule has 304 valence electrons. The minimum Gasteiger partial charge on any atom is -0.490 e. The third-order valence-electron chi connectivity index (χ3n) is 7.13. The van der Waals surface area contributed by atoms with Crippen LogP contribution in [-0.4, -0.2) is 32.9 Å². The van der Waals surface area contributed by atoms with Crippen LogP contribution in [0, 0.1) is 44.8 Å². The first-order valence-electron chi connectivity index (χ1n) is 20.1. The maximum atomic E-state index is 15.1. The van der Waals surface area contributed by atoms with E-state index in [2.05, 4.69) is 63.6 Å². The normalized spacial score (nSPS) is 11.4. The van der Waals surface area contributed by atoms with Crippen LogP contribution in [-0.2, 0) is 17.6 Å². The summed E-state index contributed by atoms with van der Waals surface area (Å²) in [6.07, 6.45) is 7.27. The number of carboxylic acids is 1. The van der Waals surface area contributed by atoms with Gasteiger partial charge in [0.25, 0.3) is 0 Å². The van der Waals surface area contributed by atoms with E-state index < -0.39 is 11.8 Å². The highest BCUT2D eigenvalue weighted by molar-refractivity contribution is 5.90. The zero-order valence-corrected chi connectivity index (χ0v) is 37.6. The molecule has 53 heavy (non-hydrogen) atoms. The summed E-state index contributed by atoms with van der Waals surface area (Å²) in [7, 11) is 0. The van der Waals surface area contributed by atoms with Crippen LogP contribution in [0.15, 0.2) is 10.5 Å². The Bertz CT molecular complexity index is 1480. The van der Waals surface area contributed by atoms with Gasteiger partial charge in [-0.2, -0.15) is 0 Å². The molecule has 1 aliphatic heterocycles. The number of ether oxygens (including phenoxy) is 1. The maximum Gasteiger partial charge on any atom is 0.307 e. The zero-order chi connectivity index (χ0) is 42.1. The molecule has 0 fully saturated rings. The van der Waals surface area contributed by atoms with Gasteiger partial charge in [0, 0.05) is 35.0 Å². The summed E-state index contributed by atoms with van der Waals surface area (Å²) in [5, 5.41) is 17.6. The third-order valence-corrected chi connectivity index (χ3v) is 7.13. The number of hydrogen-bond acceptors (Lipinski definition) is 6. The fourth-order valence-electron chi connectivity index (χ4n) is 5.02. The number of aromatic nitrogens is 3. The van der Waals surface area contributed by atoms with E-state index in [0.29, 0.717) is 75.2 Å². The molecule has 0 aliphatic carbocycles. The van der Waals surface area contributed by atoms with Crippen LogP contribution in [0.1, 0.15) is 182 Å². The van der Waals surface area contributed by atoms with Gasteiger partial charge in [0.2, 0.25) is 11.8 Å². The van der Waals surface area contributed by atoms with Gasteiger partial charge < -0.3 is 14.3 Å². The van der Waals surface area contributed by atoms with Crippen LogP contribution in [0.25, 0.3) is 22.8 Å². The first-order valence-corrected chi connectivity index (χ1v) is 20.1. The molecule has 1 N–H and O–H groups in total. The summed E-state index contributed by atoms with van der Waals surface area (Å²) in [5.74, 6) is 0.566. The lowest BCUT2D eigenvalue weighted by Crippen LogP contribution is -2.14. The summed E-state index contributed by atoms with van der Waals surface area (Å²) >= 11 is 0. The standard InChI is InChI=1S/C25H26FN3O4.C7H16.C5H12.4C2H6/c1-12(25-29-28-16(5)33-25)9-19-14(3)27-15(4)20(11-22(30)31)23(19)18-10-21(26)24-17(13(18)2)7-6-8-32-24;1-4-5-6-7(2)3;1-5(2,3)4;4*1-2/h9-10H,6-8,11H2,1-5H3,(H,30,31);7H,4-6H2,1-3H3;1-4H3;4*1-2H3/b12-9+;;;;;;. The van der Waals surface area contributed by atoms with E-state index in [1.807, 2.05) is 82.2 Å². The fraction of sp³-hybridized carbons (Fsp3) is 0.644. The molecule has 4 rings (SSSR count). The number of hydrogen-bond donors (Lipinski definition) is 1. The Balaban J connectivity index is -0.00000105. The van der Waals surface area contributed by atoms with Crippen molar-refractivity contribution < 1.29 is 23.4 Å². The predicted octanol–water partition coefficient (Wildman–Crippen LogP) is 14.0. The Morgan fingerprint density at radius 1 is 0.962 bits per heavy atom. The number of halogens is 1. The van der Waals surface area contributed by atoms with E-state index >= 15 is 4.39 Å². The number of carboxylic acid groups (broad SMARTS) is 1. The monoisotopic (exact) mass is 744 g/mol. The number of unbranched alkanes of at least 4 members (excludes halogenated alkanes) is 1. The molecule has 1 aromatic carbocycles. The van der Waals surface area contributed by atoms with Crippen molar-refractivity contribution in [1.82, 2.24) is 15.2 Å². The van der Waals surface area contributed by atoms with Gasteiger partial charge in [-0.1, -0.05) is 123 Å². The van der Waals surface area contributed by atoms with E-state index in [1.54, 1.807) is 13.8 Å². The van der Waals surface area contributed by atoms with Gasteiger partial charge in [-0.05, 0) is 86.3 Å². The lowest BCUT2D eigenvalue weighted by molar-refractivity contribution is -0.136. The van der Waals surface area contributed by atoms with Crippen LogP contribution in [0.4, 0.5) is 4.39 Å². The highest BCUT2D eigenvalue weighted by atomic mass is 19.1. The Morgan fingerprint density at radius 3 is 1.94 bits per heavy atom. The molecule has 3 aromatic rings. The van der Waals surface area contributed by atoms with Gasteiger partial charge in [-0.25, -0.2) is 4.39 Å². The number of allylic oxidation sites excluding steroid dienone is 1. The van der Waals surface area contributed by atoms with Crippen molar-refractivity contribution in [2.45, 2.75) is 177 Å². The lowest BCUT2D eigenvalue weighted by Gasteiger charge is -2.24. The van der Waals surface area contributed by atoms with Crippen LogP contribution in [0.5, 0.6) is 5.75 Å². The number of fused-ring (bicyclic) bond motifs is 1. The predicted molar refractivity (Wildman–Crippen MR) is 226 cm³/mol. The lowest BCUT2D eigenvalue weighted by atomic mass is 9.85. The second kappa shape index (κ2) is 28.9. The average molecular weight is 744 g/mol. The first-order chi connectivity index (χ1) is 24.9. The molecule has 0 radical (unpaired) electrons. The van der Waals surface area contributed by atoms with Crippen LogP contribution in [0.3, 0.4) is 0 Å². The molecule has 0 bridgehead atoms. The van der Waals surface area contributed by atoms with Crippen LogP contribution >= 0.6 is 0 Å². The SMILES string of the molecule is C/C(=C\c1c(C)nc(C)c(CC(=O)O)c1-c1cc(F)c2c(c1C)CCCO2)c1nnc(C)o1.CC.CC.CC.CC.CC(C)(C)C.CCCCC(C)C. The van der Waals surface area contributed by atoms with E-state index in [-0.39, 0.29) is 6.42 Å². The molecule has 3 heterocycles. The molecule has 0 saturated heterocycles. The van der Waals surface area contributed by atoms with Crippen molar-refractivity contribution in [2.75, 3.05) is 6.61 Å². The quantitative estimate of drug-likeness (QED) is 0.245. The Hall–Kier alpha value is -3.55. The minimum absolute atomic E-state index is 0.233. The van der Waals surface area contributed by atoms with E-state index in [9.17, 15) is 9.90 Å². The summed E-state index contributed by atoms with van der Waals surface area (Å²) in [5.41, 5.74) is 6.74. The van der Waals surface area contributed by atoms with Gasteiger partial charge in [0.15, 0.2) is 11.6 Å². The summed E-state index contributed by atoms with van der Waals surface area (Å²) in [6.45, 7) is 41.1. The van der Waals surface area contributed by atoms with E-state index in [0.717, 1.165) is 23.5 Å². The van der Waals surface area contributed by atoms with E-state index in [4.69, 9.17) is 9.15 Å². The molecule has 0 amide bonds. The minimum atomic E-state index is -0.983. The number of pyridine rings is 1. The Labute approximate surface area is 324 Å². The van der Waals surface area contributed by atoms with Crippen LogP contribution < -0.4 is 4.74 Å². The molecule has 0 atom stereocenters. The molecule has 2 aromatic heterocycles. The molecule has 0 unspecified atom stereocenters. The van der Waals surface area contributed by atoms with Gasteiger partial charge in [-0.3, -0.25) is 9.78 Å². The summed E-state index contributed by atoms with van der Waals surface area (Å²) in [6, 6.07) is 1.45. The second-order valence-electron chi connectivity index (χ2n) is 13.9.